The highest BCUT2D eigenvalue weighted by molar-refractivity contribution is 7.98. The molecule has 108 valence electrons. The van der Waals surface area contributed by atoms with E-state index in [1.165, 1.54) is 0 Å². The summed E-state index contributed by atoms with van der Waals surface area (Å²) in [6, 6.07) is 7.73. The van der Waals surface area contributed by atoms with Crippen LogP contribution in [0.3, 0.4) is 0 Å². The highest BCUT2D eigenvalue weighted by Crippen LogP contribution is 2.21. The molecule has 0 saturated carbocycles. The zero-order valence-corrected chi connectivity index (χ0v) is 12.6. The summed E-state index contributed by atoms with van der Waals surface area (Å²) in [7, 11) is 0. The summed E-state index contributed by atoms with van der Waals surface area (Å²) >= 11 is 7.63. The Bertz CT molecular complexity index is 544. The van der Waals surface area contributed by atoms with Crippen molar-refractivity contribution in [1.29, 1.82) is 0 Å². The highest BCUT2D eigenvalue weighted by Gasteiger charge is 2.13. The fraction of sp³-hybridized carbons (Fsp3) is 0.385. The maximum Gasteiger partial charge on any atom is 0.322 e. The Kier molecular flexibility index (Phi) is 5.70. The second kappa shape index (κ2) is 7.52. The normalized spacial score (nSPS) is 12.3. The number of aromatic nitrogens is 2. The van der Waals surface area contributed by atoms with Crippen molar-refractivity contribution in [3.8, 4) is 11.4 Å². The molecule has 2 aromatic rings. The van der Waals surface area contributed by atoms with Crippen LogP contribution in [0.1, 0.15) is 6.42 Å². The molecule has 7 heteroatoms. The van der Waals surface area contributed by atoms with Gasteiger partial charge in [-0.3, -0.25) is 0 Å². The summed E-state index contributed by atoms with van der Waals surface area (Å²) < 4.78 is 5.18. The van der Waals surface area contributed by atoms with E-state index >= 15 is 0 Å². The van der Waals surface area contributed by atoms with Gasteiger partial charge in [-0.25, -0.2) is 0 Å². The Morgan fingerprint density at radius 2 is 2.35 bits per heavy atom. The van der Waals surface area contributed by atoms with Crippen LogP contribution in [0.4, 0.5) is 6.01 Å². The highest BCUT2D eigenvalue weighted by atomic mass is 35.5. The van der Waals surface area contributed by atoms with Crippen molar-refractivity contribution in [2.45, 2.75) is 12.5 Å². The first-order chi connectivity index (χ1) is 9.72. The minimum absolute atomic E-state index is 0.0997. The SMILES string of the molecule is CSCC(CCO)Nc1nc(-c2cccc(Cl)c2)no1. The van der Waals surface area contributed by atoms with Crippen LogP contribution in [-0.2, 0) is 0 Å². The Balaban J connectivity index is 2.08. The molecule has 0 fully saturated rings. The van der Waals surface area contributed by atoms with Gasteiger partial charge in [0.15, 0.2) is 0 Å². The maximum absolute atomic E-state index is 9.02. The van der Waals surface area contributed by atoms with Crippen molar-refractivity contribution >= 4 is 29.4 Å². The van der Waals surface area contributed by atoms with Crippen LogP contribution in [0, 0.1) is 0 Å². The average Bonchev–Trinajstić information content (AvgIpc) is 2.88. The van der Waals surface area contributed by atoms with Crippen molar-refractivity contribution in [3.05, 3.63) is 29.3 Å². The fourth-order valence-corrected chi connectivity index (χ4v) is 2.60. The first-order valence-corrected chi connectivity index (χ1v) is 7.96. The van der Waals surface area contributed by atoms with Crippen LogP contribution in [0.5, 0.6) is 0 Å². The molecule has 0 spiro atoms. The van der Waals surface area contributed by atoms with Crippen molar-refractivity contribution in [1.82, 2.24) is 10.1 Å². The molecule has 0 saturated heterocycles. The molecule has 1 heterocycles. The molecule has 1 aromatic heterocycles. The predicted molar refractivity (Wildman–Crippen MR) is 82.2 cm³/mol. The van der Waals surface area contributed by atoms with E-state index < -0.39 is 0 Å². The van der Waals surface area contributed by atoms with Gasteiger partial charge in [-0.05, 0) is 24.8 Å². The number of rotatable bonds is 7. The topological polar surface area (TPSA) is 71.2 Å². The van der Waals surface area contributed by atoms with E-state index in [9.17, 15) is 0 Å². The molecule has 0 aliphatic rings. The second-order valence-electron chi connectivity index (χ2n) is 4.24. The summed E-state index contributed by atoms with van der Waals surface area (Å²) in [5, 5.41) is 16.7. The number of anilines is 1. The molecule has 1 atom stereocenters. The summed E-state index contributed by atoms with van der Waals surface area (Å²) in [6.45, 7) is 0.119. The predicted octanol–water partition coefficient (Wildman–Crippen LogP) is 2.92. The zero-order chi connectivity index (χ0) is 14.4. The van der Waals surface area contributed by atoms with Gasteiger partial charge in [0.25, 0.3) is 0 Å². The molecule has 1 aromatic carbocycles. The van der Waals surface area contributed by atoms with Crippen LogP contribution in [-0.4, -0.2) is 39.9 Å². The Hall–Kier alpha value is -1.24. The monoisotopic (exact) mass is 313 g/mol. The van der Waals surface area contributed by atoms with E-state index in [-0.39, 0.29) is 12.6 Å². The average molecular weight is 314 g/mol. The molecule has 2 N–H and O–H groups in total. The Morgan fingerprint density at radius 1 is 1.50 bits per heavy atom. The molecule has 0 aliphatic carbocycles. The lowest BCUT2D eigenvalue weighted by molar-refractivity contribution is 0.281. The number of hydrogen-bond acceptors (Lipinski definition) is 6. The van der Waals surface area contributed by atoms with Crippen LogP contribution in [0.2, 0.25) is 5.02 Å². The third kappa shape index (κ3) is 4.13. The quantitative estimate of drug-likeness (QED) is 0.819. The molecule has 5 nitrogen and oxygen atoms in total. The fourth-order valence-electron chi connectivity index (χ4n) is 1.76. The van der Waals surface area contributed by atoms with E-state index in [1.54, 1.807) is 23.9 Å². The minimum atomic E-state index is 0.0997. The van der Waals surface area contributed by atoms with Gasteiger partial charge in [0.1, 0.15) is 0 Å². The van der Waals surface area contributed by atoms with Gasteiger partial charge in [-0.2, -0.15) is 16.7 Å². The standard InChI is InChI=1S/C13H16ClN3O2S/c1-20-8-11(5-6-18)15-13-16-12(17-19-13)9-3-2-4-10(14)7-9/h2-4,7,11,18H,5-6,8H2,1H3,(H,15,16,17). The number of benzene rings is 1. The van der Waals surface area contributed by atoms with Gasteiger partial charge in [0, 0.05) is 29.0 Å². The smallest absolute Gasteiger partial charge is 0.322 e. The maximum atomic E-state index is 9.02. The van der Waals surface area contributed by atoms with Gasteiger partial charge >= 0.3 is 6.01 Å². The Labute approximate surface area is 126 Å². The van der Waals surface area contributed by atoms with Crippen LogP contribution < -0.4 is 5.32 Å². The van der Waals surface area contributed by atoms with E-state index in [0.29, 0.717) is 23.3 Å². The molecule has 0 aliphatic heterocycles. The number of aliphatic hydroxyl groups is 1. The molecular formula is C13H16ClN3O2S. The number of halogens is 1. The van der Waals surface area contributed by atoms with E-state index in [1.807, 2.05) is 18.4 Å². The molecule has 20 heavy (non-hydrogen) atoms. The molecule has 1 unspecified atom stereocenters. The van der Waals surface area contributed by atoms with Crippen molar-refractivity contribution in [2.75, 3.05) is 23.9 Å². The lowest BCUT2D eigenvalue weighted by atomic mass is 10.2. The largest absolute Gasteiger partial charge is 0.396 e. The van der Waals surface area contributed by atoms with Crippen molar-refractivity contribution in [3.63, 3.8) is 0 Å². The zero-order valence-electron chi connectivity index (χ0n) is 11.0. The van der Waals surface area contributed by atoms with Gasteiger partial charge in [-0.1, -0.05) is 28.9 Å². The van der Waals surface area contributed by atoms with Gasteiger partial charge in [0.2, 0.25) is 5.82 Å². The molecular weight excluding hydrogens is 298 g/mol. The minimum Gasteiger partial charge on any atom is -0.396 e. The Morgan fingerprint density at radius 3 is 3.05 bits per heavy atom. The number of thioether (sulfide) groups is 1. The summed E-state index contributed by atoms with van der Waals surface area (Å²) in [5.74, 6) is 1.34. The first kappa shape index (κ1) is 15.2. The van der Waals surface area contributed by atoms with Crippen molar-refractivity contribution < 1.29 is 9.63 Å². The lowest BCUT2D eigenvalue weighted by Crippen LogP contribution is -2.23. The lowest BCUT2D eigenvalue weighted by Gasteiger charge is -2.13. The van der Waals surface area contributed by atoms with Crippen LogP contribution in [0.15, 0.2) is 28.8 Å². The summed E-state index contributed by atoms with van der Waals surface area (Å²) in [5.41, 5.74) is 0.804. The van der Waals surface area contributed by atoms with E-state index in [2.05, 4.69) is 15.5 Å². The summed E-state index contributed by atoms with van der Waals surface area (Å²) in [6.07, 6.45) is 2.65. The third-order valence-corrected chi connectivity index (χ3v) is 3.65. The number of hydrogen-bond donors (Lipinski definition) is 2. The van der Waals surface area contributed by atoms with Crippen LogP contribution in [0.25, 0.3) is 11.4 Å². The molecule has 2 rings (SSSR count). The second-order valence-corrected chi connectivity index (χ2v) is 5.59. The third-order valence-electron chi connectivity index (χ3n) is 2.68. The van der Waals surface area contributed by atoms with Gasteiger partial charge in [-0.15, -0.1) is 0 Å². The van der Waals surface area contributed by atoms with E-state index in [4.69, 9.17) is 21.2 Å². The summed E-state index contributed by atoms with van der Waals surface area (Å²) in [4.78, 5) is 4.29. The van der Waals surface area contributed by atoms with Gasteiger partial charge in [0.05, 0.1) is 0 Å². The van der Waals surface area contributed by atoms with Crippen LogP contribution >= 0.6 is 23.4 Å². The number of nitrogens with one attached hydrogen (secondary N) is 1. The van der Waals surface area contributed by atoms with Gasteiger partial charge < -0.3 is 14.9 Å². The molecule has 0 bridgehead atoms. The first-order valence-electron chi connectivity index (χ1n) is 6.19. The number of nitrogens with zero attached hydrogens (tertiary/aromatic N) is 2. The van der Waals surface area contributed by atoms with E-state index in [0.717, 1.165) is 11.3 Å². The molecule has 0 amide bonds. The number of aliphatic hydroxyl groups excluding tert-OH is 1. The molecule has 0 radical (unpaired) electrons. The van der Waals surface area contributed by atoms with Crippen molar-refractivity contribution in [2.24, 2.45) is 0 Å².